The van der Waals surface area contributed by atoms with Crippen LogP contribution in [0, 0.1) is 0 Å². The molecule has 1 heterocycles. The van der Waals surface area contributed by atoms with Gasteiger partial charge in [0.15, 0.2) is 0 Å². The van der Waals surface area contributed by atoms with Crippen LogP contribution in [0.5, 0.6) is 0 Å². The Morgan fingerprint density at radius 2 is 1.79 bits per heavy atom. The molecule has 1 aliphatic heterocycles. The molecule has 1 aromatic carbocycles. The summed E-state index contributed by atoms with van der Waals surface area (Å²) in [5.41, 5.74) is 2.81. The first-order valence-corrected chi connectivity index (χ1v) is 7.09. The Morgan fingerprint density at radius 1 is 1.11 bits per heavy atom. The summed E-state index contributed by atoms with van der Waals surface area (Å²) in [6, 6.07) is 8.83. The average molecular weight is 260 g/mol. The maximum absolute atomic E-state index is 11.3. The summed E-state index contributed by atoms with van der Waals surface area (Å²) in [6.07, 6.45) is 1.56. The molecule has 0 radical (unpaired) electrons. The molecule has 19 heavy (non-hydrogen) atoms. The highest BCUT2D eigenvalue weighted by Crippen LogP contribution is 2.25. The first-order chi connectivity index (χ1) is 8.97. The normalized spacial score (nSPS) is 17.6. The van der Waals surface area contributed by atoms with Crippen molar-refractivity contribution in [2.45, 2.75) is 39.0 Å². The van der Waals surface area contributed by atoms with Gasteiger partial charge in [0, 0.05) is 31.7 Å². The smallest absolute Gasteiger partial charge is 0.220 e. The molecule has 1 amide bonds. The van der Waals surface area contributed by atoms with Gasteiger partial charge in [-0.1, -0.05) is 32.9 Å². The molecule has 0 aliphatic carbocycles. The highest BCUT2D eigenvalue weighted by Gasteiger charge is 2.15. The fraction of sp³-hybridized carbons (Fsp3) is 0.562. The van der Waals surface area contributed by atoms with Crippen LogP contribution in [0.4, 0.5) is 5.69 Å². The molecule has 0 unspecified atom stereocenters. The van der Waals surface area contributed by atoms with Gasteiger partial charge in [-0.3, -0.25) is 4.79 Å². The van der Waals surface area contributed by atoms with Gasteiger partial charge in [0.1, 0.15) is 0 Å². The lowest BCUT2D eigenvalue weighted by molar-refractivity contribution is -0.121. The Kier molecular flexibility index (Phi) is 4.13. The van der Waals surface area contributed by atoms with Crippen LogP contribution in [-0.2, 0) is 10.2 Å². The summed E-state index contributed by atoms with van der Waals surface area (Å²) >= 11 is 0. The number of amides is 1. The van der Waals surface area contributed by atoms with E-state index in [1.165, 1.54) is 11.3 Å². The molecule has 1 aliphatic rings. The molecule has 1 aromatic rings. The zero-order chi connectivity index (χ0) is 13.9. The molecule has 0 aromatic heterocycles. The second kappa shape index (κ2) is 5.64. The predicted molar refractivity (Wildman–Crippen MR) is 79.6 cm³/mol. The van der Waals surface area contributed by atoms with Gasteiger partial charge in [-0.05, 0) is 29.5 Å². The van der Waals surface area contributed by atoms with Crippen LogP contribution in [0.25, 0.3) is 0 Å². The van der Waals surface area contributed by atoms with Gasteiger partial charge in [0.2, 0.25) is 5.91 Å². The summed E-state index contributed by atoms with van der Waals surface area (Å²) in [5.74, 6) is 0.183. The van der Waals surface area contributed by atoms with Crippen molar-refractivity contribution in [1.29, 1.82) is 0 Å². The lowest BCUT2D eigenvalue weighted by atomic mass is 9.87. The Morgan fingerprint density at radius 3 is 2.42 bits per heavy atom. The number of carbonyl (C=O) groups is 1. The number of nitrogens with one attached hydrogen (secondary N) is 1. The van der Waals surface area contributed by atoms with Crippen LogP contribution in [0.15, 0.2) is 24.3 Å². The topological polar surface area (TPSA) is 32.3 Å². The zero-order valence-electron chi connectivity index (χ0n) is 12.2. The summed E-state index contributed by atoms with van der Waals surface area (Å²) in [7, 11) is 0. The minimum absolute atomic E-state index is 0.183. The molecule has 0 atom stereocenters. The number of carbonyl (C=O) groups excluding carboxylic acids is 1. The number of anilines is 1. The Hall–Kier alpha value is -1.51. The third kappa shape index (κ3) is 3.72. The molecule has 0 saturated carbocycles. The van der Waals surface area contributed by atoms with Crippen LogP contribution >= 0.6 is 0 Å². The van der Waals surface area contributed by atoms with Crippen LogP contribution in [0.1, 0.15) is 39.2 Å². The molecule has 3 nitrogen and oxygen atoms in total. The van der Waals surface area contributed by atoms with E-state index in [0.717, 1.165) is 26.1 Å². The van der Waals surface area contributed by atoms with E-state index in [-0.39, 0.29) is 11.3 Å². The number of hydrogen-bond acceptors (Lipinski definition) is 2. The Balaban J connectivity index is 2.06. The zero-order valence-corrected chi connectivity index (χ0v) is 12.2. The number of nitrogens with zero attached hydrogens (tertiary/aromatic N) is 1. The molecule has 1 N–H and O–H groups in total. The third-order valence-electron chi connectivity index (χ3n) is 3.63. The van der Waals surface area contributed by atoms with Gasteiger partial charge in [0.25, 0.3) is 0 Å². The van der Waals surface area contributed by atoms with Gasteiger partial charge >= 0.3 is 0 Å². The van der Waals surface area contributed by atoms with E-state index in [1.54, 1.807) is 0 Å². The molecular weight excluding hydrogens is 236 g/mol. The van der Waals surface area contributed by atoms with Crippen LogP contribution in [0.2, 0.25) is 0 Å². The number of rotatable bonds is 1. The number of hydrogen-bond donors (Lipinski definition) is 1. The van der Waals surface area contributed by atoms with Crippen molar-refractivity contribution >= 4 is 11.6 Å². The fourth-order valence-electron chi connectivity index (χ4n) is 2.39. The van der Waals surface area contributed by atoms with Crippen molar-refractivity contribution in [2.75, 3.05) is 24.5 Å². The van der Waals surface area contributed by atoms with Crippen LogP contribution in [0.3, 0.4) is 0 Å². The quantitative estimate of drug-likeness (QED) is 0.842. The molecule has 0 bridgehead atoms. The minimum atomic E-state index is 0.183. The van der Waals surface area contributed by atoms with Crippen LogP contribution in [-0.4, -0.2) is 25.5 Å². The van der Waals surface area contributed by atoms with Crippen molar-refractivity contribution in [3.05, 3.63) is 29.8 Å². The van der Waals surface area contributed by atoms with E-state index in [4.69, 9.17) is 0 Å². The van der Waals surface area contributed by atoms with Crippen molar-refractivity contribution < 1.29 is 4.79 Å². The largest absolute Gasteiger partial charge is 0.370 e. The van der Waals surface area contributed by atoms with E-state index in [9.17, 15) is 4.79 Å². The van der Waals surface area contributed by atoms with Crippen molar-refractivity contribution in [3.8, 4) is 0 Å². The maximum Gasteiger partial charge on any atom is 0.220 e. The monoisotopic (exact) mass is 260 g/mol. The molecule has 3 heteroatoms. The summed E-state index contributed by atoms with van der Waals surface area (Å²) in [6.45, 7) is 9.28. The summed E-state index contributed by atoms with van der Waals surface area (Å²) in [5, 5.41) is 2.94. The van der Waals surface area contributed by atoms with E-state index in [1.807, 2.05) is 0 Å². The lowest BCUT2D eigenvalue weighted by Gasteiger charge is -2.28. The Bertz CT molecular complexity index is 419. The maximum atomic E-state index is 11.3. The van der Waals surface area contributed by atoms with Crippen molar-refractivity contribution in [3.63, 3.8) is 0 Å². The minimum Gasteiger partial charge on any atom is -0.370 e. The second-order valence-corrected chi connectivity index (χ2v) is 6.24. The van der Waals surface area contributed by atoms with Crippen molar-refractivity contribution in [2.24, 2.45) is 0 Å². The lowest BCUT2D eigenvalue weighted by Crippen LogP contribution is -2.38. The molecule has 104 valence electrons. The molecule has 0 spiro atoms. The fourth-order valence-corrected chi connectivity index (χ4v) is 2.39. The first-order valence-electron chi connectivity index (χ1n) is 7.09. The second-order valence-electron chi connectivity index (χ2n) is 6.24. The molecular formula is C16H24N2O. The Labute approximate surface area is 116 Å². The third-order valence-corrected chi connectivity index (χ3v) is 3.63. The summed E-state index contributed by atoms with van der Waals surface area (Å²) < 4.78 is 0. The highest BCUT2D eigenvalue weighted by atomic mass is 16.1. The van der Waals surface area contributed by atoms with Gasteiger partial charge in [-0.15, -0.1) is 0 Å². The van der Waals surface area contributed by atoms with E-state index in [2.05, 4.69) is 55.3 Å². The standard InChI is InChI=1S/C16H24N2O/c1-16(2,3)13-6-8-14(9-7-13)18-11-4-5-15(19)17-10-12-18/h6-9H,4-5,10-12H2,1-3H3,(H,17,19). The van der Waals surface area contributed by atoms with Crippen molar-refractivity contribution in [1.82, 2.24) is 5.32 Å². The van der Waals surface area contributed by atoms with E-state index < -0.39 is 0 Å². The molecule has 1 saturated heterocycles. The number of benzene rings is 1. The highest BCUT2D eigenvalue weighted by molar-refractivity contribution is 5.76. The summed E-state index contributed by atoms with van der Waals surface area (Å²) in [4.78, 5) is 13.7. The SMILES string of the molecule is CC(C)(C)c1ccc(N2CCCC(=O)NCC2)cc1. The molecule has 2 rings (SSSR count). The van der Waals surface area contributed by atoms with Gasteiger partial charge in [-0.2, -0.15) is 0 Å². The van der Waals surface area contributed by atoms with Crippen LogP contribution < -0.4 is 10.2 Å². The average Bonchev–Trinajstić information content (AvgIpc) is 2.33. The predicted octanol–water partition coefficient (Wildman–Crippen LogP) is 2.70. The van der Waals surface area contributed by atoms with E-state index in [0.29, 0.717) is 6.42 Å². The van der Waals surface area contributed by atoms with E-state index >= 15 is 0 Å². The van der Waals surface area contributed by atoms with Gasteiger partial charge in [0.05, 0.1) is 0 Å². The van der Waals surface area contributed by atoms with Gasteiger partial charge in [-0.25, -0.2) is 0 Å². The van der Waals surface area contributed by atoms with Gasteiger partial charge < -0.3 is 10.2 Å². The molecule has 1 fully saturated rings. The first kappa shape index (κ1) is 13.9.